The maximum Gasteiger partial charge on any atom is 0.305 e. The van der Waals surface area contributed by atoms with Crippen LogP contribution in [0.2, 0.25) is 10.0 Å². The fraction of sp³-hybridized carbons (Fsp3) is 0.429. The average molecular weight is 332 g/mol. The lowest BCUT2D eigenvalue weighted by atomic mass is 10.1. The molecule has 0 aliphatic carbocycles. The van der Waals surface area contributed by atoms with E-state index >= 15 is 0 Å². The third-order valence-electron chi connectivity index (χ3n) is 3.56. The second-order valence-corrected chi connectivity index (χ2v) is 5.69. The minimum Gasteiger partial charge on any atom is -0.481 e. The van der Waals surface area contributed by atoms with Crippen LogP contribution in [0.4, 0.5) is 0 Å². The Hall–Kier alpha value is -1.30. The minimum atomic E-state index is -0.952. The molecule has 1 aromatic rings. The lowest BCUT2D eigenvalue weighted by molar-refractivity contribution is -0.137. The van der Waals surface area contributed by atoms with Gasteiger partial charge in [-0.15, -0.1) is 0 Å². The molecule has 1 fully saturated rings. The number of hydrogen-bond donors (Lipinski definition) is 1. The van der Waals surface area contributed by atoms with Crippen molar-refractivity contribution in [1.82, 2.24) is 4.90 Å². The van der Waals surface area contributed by atoms with Gasteiger partial charge in [0.05, 0.1) is 28.1 Å². The van der Waals surface area contributed by atoms with E-state index < -0.39 is 12.0 Å². The monoisotopic (exact) mass is 331 g/mol. The fourth-order valence-electron chi connectivity index (χ4n) is 2.51. The van der Waals surface area contributed by atoms with Gasteiger partial charge in [-0.05, 0) is 18.6 Å². The van der Waals surface area contributed by atoms with Crippen LogP contribution in [-0.4, -0.2) is 47.7 Å². The number of hydrogen-bond acceptors (Lipinski definition) is 3. The smallest absolute Gasteiger partial charge is 0.305 e. The molecule has 1 saturated heterocycles. The summed E-state index contributed by atoms with van der Waals surface area (Å²) in [5.41, 5.74) is 0.274. The average Bonchev–Trinajstić information content (AvgIpc) is 2.83. The van der Waals surface area contributed by atoms with Crippen LogP contribution >= 0.6 is 23.2 Å². The number of amides is 1. The van der Waals surface area contributed by atoms with E-state index in [9.17, 15) is 9.59 Å². The highest BCUT2D eigenvalue weighted by Gasteiger charge is 2.37. The quantitative estimate of drug-likeness (QED) is 0.921. The molecule has 1 heterocycles. The molecule has 1 N–H and O–H groups in total. The Morgan fingerprint density at radius 2 is 2.14 bits per heavy atom. The molecule has 21 heavy (non-hydrogen) atoms. The number of carbonyl (C=O) groups excluding carboxylic acids is 1. The largest absolute Gasteiger partial charge is 0.481 e. The van der Waals surface area contributed by atoms with E-state index in [0.717, 1.165) is 0 Å². The van der Waals surface area contributed by atoms with E-state index in [1.165, 1.54) is 4.90 Å². The molecule has 1 amide bonds. The van der Waals surface area contributed by atoms with Gasteiger partial charge in [0.25, 0.3) is 5.91 Å². The zero-order chi connectivity index (χ0) is 15.6. The minimum absolute atomic E-state index is 0.121. The molecule has 0 aromatic heterocycles. The second-order valence-electron chi connectivity index (χ2n) is 4.90. The first kappa shape index (κ1) is 16.1. The van der Waals surface area contributed by atoms with Gasteiger partial charge in [0.1, 0.15) is 0 Å². The molecule has 7 heteroatoms. The van der Waals surface area contributed by atoms with Crippen LogP contribution in [0.15, 0.2) is 18.2 Å². The summed E-state index contributed by atoms with van der Waals surface area (Å²) in [4.78, 5) is 25.1. The molecule has 2 unspecified atom stereocenters. The Kier molecular flexibility index (Phi) is 5.08. The van der Waals surface area contributed by atoms with Crippen LogP contribution in [0.5, 0.6) is 0 Å². The number of likely N-dealkylation sites (tertiary alicyclic amines) is 1. The van der Waals surface area contributed by atoms with Crippen molar-refractivity contribution in [1.29, 1.82) is 0 Å². The van der Waals surface area contributed by atoms with Gasteiger partial charge in [-0.1, -0.05) is 29.3 Å². The first-order valence-electron chi connectivity index (χ1n) is 6.43. The first-order chi connectivity index (χ1) is 9.93. The Balaban J connectivity index is 2.27. The van der Waals surface area contributed by atoms with Gasteiger partial charge in [-0.3, -0.25) is 9.59 Å². The summed E-state index contributed by atoms with van der Waals surface area (Å²) in [6.07, 6.45) is 0.201. The van der Waals surface area contributed by atoms with Crippen molar-refractivity contribution in [2.75, 3.05) is 13.7 Å². The summed E-state index contributed by atoms with van der Waals surface area (Å²) in [6.45, 7) is 0.343. The maximum absolute atomic E-state index is 12.6. The number of carboxylic acids is 1. The normalized spacial score (nSPS) is 21.6. The fourth-order valence-corrected chi connectivity index (χ4v) is 2.89. The third kappa shape index (κ3) is 3.48. The number of methoxy groups -OCH3 is 1. The standard InChI is InChI=1S/C14H15Cl2NO4/c1-21-9-5-8(6-12(18)19)17(7-9)14(20)10-3-2-4-11(15)13(10)16/h2-4,8-9H,5-7H2,1H3,(H,18,19). The summed E-state index contributed by atoms with van der Waals surface area (Å²) in [7, 11) is 1.54. The zero-order valence-electron chi connectivity index (χ0n) is 11.4. The maximum atomic E-state index is 12.6. The van der Waals surface area contributed by atoms with Crippen molar-refractivity contribution in [2.45, 2.75) is 25.0 Å². The third-order valence-corrected chi connectivity index (χ3v) is 4.38. The number of carbonyl (C=O) groups is 2. The Morgan fingerprint density at radius 3 is 2.76 bits per heavy atom. The number of carboxylic acid groups (broad SMARTS) is 1. The zero-order valence-corrected chi connectivity index (χ0v) is 12.9. The summed E-state index contributed by atoms with van der Waals surface area (Å²) < 4.78 is 5.25. The number of nitrogens with zero attached hydrogens (tertiary/aromatic N) is 1. The van der Waals surface area contributed by atoms with Gasteiger partial charge in [0, 0.05) is 19.7 Å². The molecular weight excluding hydrogens is 317 g/mol. The summed E-state index contributed by atoms with van der Waals surface area (Å²) >= 11 is 12.0. The molecule has 2 rings (SSSR count). The predicted molar refractivity (Wildman–Crippen MR) is 79.0 cm³/mol. The van der Waals surface area contributed by atoms with Crippen LogP contribution in [0.3, 0.4) is 0 Å². The number of ether oxygens (including phenoxy) is 1. The van der Waals surface area contributed by atoms with Gasteiger partial charge in [0.15, 0.2) is 0 Å². The predicted octanol–water partition coefficient (Wildman–Crippen LogP) is 2.70. The first-order valence-corrected chi connectivity index (χ1v) is 7.19. The van der Waals surface area contributed by atoms with E-state index in [0.29, 0.717) is 18.0 Å². The number of rotatable bonds is 4. The van der Waals surface area contributed by atoms with Gasteiger partial charge in [-0.25, -0.2) is 0 Å². The van der Waals surface area contributed by atoms with E-state index in [4.69, 9.17) is 33.0 Å². The highest BCUT2D eigenvalue weighted by molar-refractivity contribution is 6.43. The topological polar surface area (TPSA) is 66.8 Å². The highest BCUT2D eigenvalue weighted by Crippen LogP contribution is 2.30. The van der Waals surface area contributed by atoms with E-state index in [1.807, 2.05) is 0 Å². The number of halogens is 2. The van der Waals surface area contributed by atoms with Gasteiger partial charge < -0.3 is 14.7 Å². The van der Waals surface area contributed by atoms with Crippen LogP contribution in [0.25, 0.3) is 0 Å². The molecule has 1 aromatic carbocycles. The molecular formula is C14H15Cl2NO4. The van der Waals surface area contributed by atoms with Gasteiger partial charge in [0.2, 0.25) is 0 Å². The second kappa shape index (κ2) is 6.64. The van der Waals surface area contributed by atoms with Crippen molar-refractivity contribution in [3.05, 3.63) is 33.8 Å². The van der Waals surface area contributed by atoms with Crippen molar-refractivity contribution >= 4 is 35.1 Å². The number of benzene rings is 1. The van der Waals surface area contributed by atoms with Crippen molar-refractivity contribution in [2.24, 2.45) is 0 Å². The van der Waals surface area contributed by atoms with Crippen LogP contribution in [0, 0.1) is 0 Å². The van der Waals surface area contributed by atoms with Crippen molar-refractivity contribution in [3.63, 3.8) is 0 Å². The lowest BCUT2D eigenvalue weighted by Crippen LogP contribution is -2.37. The van der Waals surface area contributed by atoms with Crippen molar-refractivity contribution in [3.8, 4) is 0 Å². The summed E-state index contributed by atoms with van der Waals surface area (Å²) in [5, 5.41) is 9.45. The lowest BCUT2D eigenvalue weighted by Gasteiger charge is -2.23. The van der Waals surface area contributed by atoms with Crippen molar-refractivity contribution < 1.29 is 19.4 Å². The van der Waals surface area contributed by atoms with E-state index in [2.05, 4.69) is 0 Å². The molecule has 1 aliphatic rings. The molecule has 5 nitrogen and oxygen atoms in total. The van der Waals surface area contributed by atoms with Gasteiger partial charge >= 0.3 is 5.97 Å². The molecule has 1 aliphatic heterocycles. The Labute approximate surface area is 132 Å². The van der Waals surface area contributed by atoms with Crippen LogP contribution in [-0.2, 0) is 9.53 Å². The summed E-state index contributed by atoms with van der Waals surface area (Å²) in [6, 6.07) is 4.40. The van der Waals surface area contributed by atoms with Crippen LogP contribution in [0.1, 0.15) is 23.2 Å². The Bertz CT molecular complexity index is 564. The SMILES string of the molecule is COC1CC(CC(=O)O)N(C(=O)c2cccc(Cl)c2Cl)C1. The molecule has 0 saturated carbocycles. The van der Waals surface area contributed by atoms with E-state index in [1.54, 1.807) is 25.3 Å². The highest BCUT2D eigenvalue weighted by atomic mass is 35.5. The van der Waals surface area contributed by atoms with Gasteiger partial charge in [-0.2, -0.15) is 0 Å². The van der Waals surface area contributed by atoms with Crippen LogP contribution < -0.4 is 0 Å². The molecule has 0 radical (unpaired) electrons. The summed E-state index contributed by atoms with van der Waals surface area (Å²) in [5.74, 6) is -1.28. The van der Waals surface area contributed by atoms with E-state index in [-0.39, 0.29) is 29.0 Å². The molecule has 2 atom stereocenters. The number of aliphatic carboxylic acids is 1. The molecule has 0 spiro atoms. The molecule has 0 bridgehead atoms. The Morgan fingerprint density at radius 1 is 1.43 bits per heavy atom. The molecule has 114 valence electrons.